The topological polar surface area (TPSA) is 41.1 Å². The van der Waals surface area contributed by atoms with Crippen molar-refractivity contribution < 1.29 is 0 Å². The van der Waals surface area contributed by atoms with Gasteiger partial charge in [0.2, 0.25) is 0 Å². The van der Waals surface area contributed by atoms with Crippen molar-refractivity contribution in [3.05, 3.63) is 46.1 Å². The highest BCUT2D eigenvalue weighted by Gasteiger charge is 2.26. The van der Waals surface area contributed by atoms with Crippen molar-refractivity contribution in [2.24, 2.45) is 0 Å². The van der Waals surface area contributed by atoms with Crippen LogP contribution in [0.25, 0.3) is 16.2 Å². The molecule has 0 aliphatic rings. The zero-order chi connectivity index (χ0) is 16.8. The molecule has 0 saturated heterocycles. The predicted molar refractivity (Wildman–Crippen MR) is 96.0 cm³/mol. The molecular formula is C19H21N3S. The molecule has 2 heterocycles. The molecule has 0 aliphatic carbocycles. The minimum Gasteiger partial charge on any atom is -0.286 e. The fourth-order valence-electron chi connectivity index (χ4n) is 3.04. The zero-order valence-corrected chi connectivity index (χ0v) is 15.1. The van der Waals surface area contributed by atoms with Gasteiger partial charge in [-0.25, -0.2) is 4.98 Å². The lowest BCUT2D eigenvalue weighted by atomic mass is 9.90. The van der Waals surface area contributed by atoms with Crippen LogP contribution in [-0.4, -0.2) is 9.38 Å². The highest BCUT2D eigenvalue weighted by molar-refractivity contribution is 7.15. The van der Waals surface area contributed by atoms with Gasteiger partial charge in [0, 0.05) is 16.4 Å². The van der Waals surface area contributed by atoms with Crippen LogP contribution in [0.3, 0.4) is 0 Å². The standard InChI is InChI=1S/C19H21N3S/c1-12-6-7-14(13(2)10-12)16-11-23-18-21-17(19(3,4)5)15(8-9-20)22(16)18/h6-7,10-11H,8H2,1-5H3. The van der Waals surface area contributed by atoms with Crippen LogP contribution in [0.15, 0.2) is 23.6 Å². The summed E-state index contributed by atoms with van der Waals surface area (Å²) in [4.78, 5) is 5.79. The third-order valence-electron chi connectivity index (χ3n) is 4.07. The van der Waals surface area contributed by atoms with Crippen molar-refractivity contribution in [2.45, 2.75) is 46.5 Å². The van der Waals surface area contributed by atoms with Crippen LogP contribution in [0.5, 0.6) is 0 Å². The summed E-state index contributed by atoms with van der Waals surface area (Å²) in [6.45, 7) is 10.7. The second-order valence-corrected chi connectivity index (χ2v) is 7.89. The minimum atomic E-state index is -0.0719. The highest BCUT2D eigenvalue weighted by Crippen LogP contribution is 2.34. The number of benzene rings is 1. The van der Waals surface area contributed by atoms with Crippen molar-refractivity contribution in [3.63, 3.8) is 0 Å². The molecule has 3 rings (SSSR count). The van der Waals surface area contributed by atoms with E-state index >= 15 is 0 Å². The van der Waals surface area contributed by atoms with E-state index in [1.165, 1.54) is 16.7 Å². The first-order valence-electron chi connectivity index (χ1n) is 7.77. The second-order valence-electron chi connectivity index (χ2n) is 7.05. The van der Waals surface area contributed by atoms with Crippen LogP contribution < -0.4 is 0 Å². The lowest BCUT2D eigenvalue weighted by molar-refractivity contribution is 0.566. The number of hydrogen-bond donors (Lipinski definition) is 0. The molecule has 1 aromatic carbocycles. The highest BCUT2D eigenvalue weighted by atomic mass is 32.1. The van der Waals surface area contributed by atoms with Crippen molar-refractivity contribution in [1.29, 1.82) is 5.26 Å². The summed E-state index contributed by atoms with van der Waals surface area (Å²) in [7, 11) is 0. The number of rotatable bonds is 2. The Morgan fingerprint density at radius 1 is 1.26 bits per heavy atom. The van der Waals surface area contributed by atoms with Gasteiger partial charge in [-0.3, -0.25) is 4.40 Å². The number of aromatic nitrogens is 2. The van der Waals surface area contributed by atoms with Gasteiger partial charge in [-0.05, 0) is 19.4 Å². The Labute approximate surface area is 141 Å². The quantitative estimate of drug-likeness (QED) is 0.662. The van der Waals surface area contributed by atoms with Crippen LogP contribution in [0.4, 0.5) is 0 Å². The van der Waals surface area contributed by atoms with Gasteiger partial charge >= 0.3 is 0 Å². The van der Waals surface area contributed by atoms with Crippen molar-refractivity contribution >= 4 is 16.3 Å². The number of hydrogen-bond acceptors (Lipinski definition) is 3. The Morgan fingerprint density at radius 3 is 2.61 bits per heavy atom. The summed E-state index contributed by atoms with van der Waals surface area (Å²) in [6.07, 6.45) is 0.377. The zero-order valence-electron chi connectivity index (χ0n) is 14.3. The summed E-state index contributed by atoms with van der Waals surface area (Å²) < 4.78 is 2.17. The predicted octanol–water partition coefficient (Wildman–Crippen LogP) is 5.04. The molecule has 0 fully saturated rings. The minimum absolute atomic E-state index is 0.0719. The molecule has 0 saturated carbocycles. The number of nitriles is 1. The molecule has 0 bridgehead atoms. The van der Waals surface area contributed by atoms with E-state index in [-0.39, 0.29) is 5.41 Å². The van der Waals surface area contributed by atoms with E-state index in [4.69, 9.17) is 4.98 Å². The molecule has 0 radical (unpaired) electrons. The largest absolute Gasteiger partial charge is 0.286 e. The number of imidazole rings is 1. The third-order valence-corrected chi connectivity index (χ3v) is 4.90. The van der Waals surface area contributed by atoms with Crippen LogP contribution in [0.2, 0.25) is 0 Å². The first-order chi connectivity index (χ1) is 10.8. The summed E-state index contributed by atoms with van der Waals surface area (Å²) in [5, 5.41) is 11.4. The van der Waals surface area contributed by atoms with Gasteiger partial charge in [0.15, 0.2) is 4.96 Å². The van der Waals surface area contributed by atoms with E-state index in [2.05, 4.69) is 68.7 Å². The van der Waals surface area contributed by atoms with Crippen LogP contribution >= 0.6 is 11.3 Å². The summed E-state index contributed by atoms with van der Waals surface area (Å²) >= 11 is 1.64. The van der Waals surface area contributed by atoms with Crippen LogP contribution in [-0.2, 0) is 11.8 Å². The molecule has 0 amide bonds. The molecule has 3 nitrogen and oxygen atoms in total. The van der Waals surface area contributed by atoms with Crippen molar-refractivity contribution in [1.82, 2.24) is 9.38 Å². The molecular weight excluding hydrogens is 302 g/mol. The molecule has 2 aromatic heterocycles. The molecule has 23 heavy (non-hydrogen) atoms. The SMILES string of the molecule is Cc1ccc(-c2csc3nc(C(C)(C)C)c(CC#N)n23)c(C)c1. The normalized spacial score (nSPS) is 11.8. The van der Waals surface area contributed by atoms with E-state index in [9.17, 15) is 5.26 Å². The van der Waals surface area contributed by atoms with Gasteiger partial charge in [-0.1, -0.05) is 44.5 Å². The summed E-state index contributed by atoms with van der Waals surface area (Å²) in [5.41, 5.74) is 6.82. The first kappa shape index (κ1) is 15.8. The molecule has 0 N–H and O–H groups in total. The Hall–Kier alpha value is -2.12. The lowest BCUT2D eigenvalue weighted by Crippen LogP contribution is -2.15. The summed E-state index contributed by atoms with van der Waals surface area (Å²) in [6, 6.07) is 8.81. The maximum atomic E-state index is 9.29. The maximum absolute atomic E-state index is 9.29. The van der Waals surface area contributed by atoms with Crippen LogP contribution in [0, 0.1) is 25.2 Å². The molecule has 0 spiro atoms. The van der Waals surface area contributed by atoms with E-state index in [0.29, 0.717) is 6.42 Å². The van der Waals surface area contributed by atoms with Gasteiger partial charge < -0.3 is 0 Å². The number of nitrogens with zero attached hydrogens (tertiary/aromatic N) is 3. The van der Waals surface area contributed by atoms with Gasteiger partial charge in [0.1, 0.15) is 0 Å². The second kappa shape index (κ2) is 5.50. The molecule has 3 aromatic rings. The molecule has 118 valence electrons. The number of fused-ring (bicyclic) bond motifs is 1. The van der Waals surface area contributed by atoms with Crippen molar-refractivity contribution in [3.8, 4) is 17.3 Å². The van der Waals surface area contributed by atoms with E-state index in [1.807, 2.05) is 0 Å². The molecule has 4 heteroatoms. The molecule has 0 unspecified atom stereocenters. The molecule has 0 aliphatic heterocycles. The Morgan fingerprint density at radius 2 is 2.00 bits per heavy atom. The van der Waals surface area contributed by atoms with Crippen LogP contribution in [0.1, 0.15) is 43.3 Å². The average molecular weight is 323 g/mol. The smallest absolute Gasteiger partial charge is 0.194 e. The Kier molecular flexibility index (Phi) is 3.77. The van der Waals surface area contributed by atoms with Gasteiger partial charge in [0.05, 0.1) is 29.6 Å². The molecule has 0 atom stereocenters. The van der Waals surface area contributed by atoms with E-state index in [0.717, 1.165) is 22.0 Å². The lowest BCUT2D eigenvalue weighted by Gasteiger charge is -2.17. The van der Waals surface area contributed by atoms with E-state index in [1.54, 1.807) is 11.3 Å². The monoisotopic (exact) mass is 323 g/mol. The number of thiazole rings is 1. The Balaban J connectivity index is 2.31. The fraction of sp³-hybridized carbons (Fsp3) is 0.368. The van der Waals surface area contributed by atoms with Gasteiger partial charge in [-0.15, -0.1) is 11.3 Å². The van der Waals surface area contributed by atoms with Crippen molar-refractivity contribution in [2.75, 3.05) is 0 Å². The Bertz CT molecular complexity index is 917. The van der Waals surface area contributed by atoms with Gasteiger partial charge in [0.25, 0.3) is 0 Å². The van der Waals surface area contributed by atoms with Gasteiger partial charge in [-0.2, -0.15) is 5.26 Å². The fourth-order valence-corrected chi connectivity index (χ4v) is 3.95. The average Bonchev–Trinajstić information content (AvgIpc) is 2.99. The first-order valence-corrected chi connectivity index (χ1v) is 8.64. The van der Waals surface area contributed by atoms with E-state index < -0.39 is 0 Å². The third kappa shape index (κ3) is 2.66. The summed E-state index contributed by atoms with van der Waals surface area (Å²) in [5.74, 6) is 0. The maximum Gasteiger partial charge on any atom is 0.194 e. The number of aryl methyl sites for hydroxylation is 2.